The zero-order valence-corrected chi connectivity index (χ0v) is 17.7. The van der Waals surface area contributed by atoms with Gasteiger partial charge in [0, 0.05) is 6.54 Å². The van der Waals surface area contributed by atoms with Crippen LogP contribution in [-0.2, 0) is 10.2 Å². The van der Waals surface area contributed by atoms with Gasteiger partial charge in [-0.25, -0.2) is 4.39 Å². The molecule has 1 amide bonds. The molecule has 2 aliphatic rings. The van der Waals surface area contributed by atoms with Crippen LogP contribution in [0.1, 0.15) is 55.7 Å². The van der Waals surface area contributed by atoms with E-state index in [0.717, 1.165) is 50.1 Å². The number of halogens is 1. The van der Waals surface area contributed by atoms with Gasteiger partial charge in [0.15, 0.2) is 0 Å². The minimum absolute atomic E-state index is 0.0308. The van der Waals surface area contributed by atoms with Crippen molar-refractivity contribution in [1.29, 1.82) is 0 Å². The highest BCUT2D eigenvalue weighted by atomic mass is 19.1. The van der Waals surface area contributed by atoms with E-state index in [9.17, 15) is 9.18 Å². The first-order valence-electron chi connectivity index (χ1n) is 11.0. The maximum Gasteiger partial charge on any atom is 0.230 e. The normalized spacial score (nSPS) is 19.5. The number of rotatable bonds is 7. The van der Waals surface area contributed by atoms with Crippen molar-refractivity contribution in [2.45, 2.75) is 50.0 Å². The molecule has 1 saturated carbocycles. The number of hydrogen-bond donors (Lipinski definition) is 1. The van der Waals surface area contributed by atoms with Crippen LogP contribution in [-0.4, -0.2) is 37.6 Å². The van der Waals surface area contributed by atoms with Crippen LogP contribution >= 0.6 is 0 Å². The molecule has 0 aromatic heterocycles. The van der Waals surface area contributed by atoms with Crippen molar-refractivity contribution >= 4 is 5.91 Å². The second-order valence-electron chi connectivity index (χ2n) is 8.54. The number of methoxy groups -OCH3 is 1. The number of likely N-dealkylation sites (tertiary alicyclic amines) is 1. The third-order valence-corrected chi connectivity index (χ3v) is 6.81. The summed E-state index contributed by atoms with van der Waals surface area (Å²) in [5.74, 6) is 0.585. The fourth-order valence-electron chi connectivity index (χ4n) is 5.11. The standard InChI is InChI=1S/C25H31FN2O2/c1-30-22-11-9-19(10-12-22)23(28-15-4-5-16-28)18-27-24(29)25(13-2-3-14-25)20-7-6-8-21(26)17-20/h6-12,17,23H,2-5,13-16,18H2,1H3,(H,27,29). The Kier molecular flexibility index (Phi) is 6.38. The average molecular weight is 411 g/mol. The molecular formula is C25H31FN2O2. The van der Waals surface area contributed by atoms with Gasteiger partial charge in [-0.3, -0.25) is 9.69 Å². The quantitative estimate of drug-likeness (QED) is 0.725. The third kappa shape index (κ3) is 4.22. The Balaban J connectivity index is 1.53. The first-order valence-corrected chi connectivity index (χ1v) is 11.0. The Morgan fingerprint density at radius 3 is 2.43 bits per heavy atom. The summed E-state index contributed by atoms with van der Waals surface area (Å²) < 4.78 is 19.2. The van der Waals surface area contributed by atoms with Gasteiger partial charge in [0.25, 0.3) is 0 Å². The Labute approximate surface area is 178 Å². The maximum absolute atomic E-state index is 13.9. The molecule has 4 rings (SSSR count). The number of nitrogens with one attached hydrogen (secondary N) is 1. The van der Waals surface area contributed by atoms with Crippen molar-refractivity contribution in [3.05, 3.63) is 65.5 Å². The van der Waals surface area contributed by atoms with E-state index in [4.69, 9.17) is 4.74 Å². The largest absolute Gasteiger partial charge is 0.497 e. The number of carbonyl (C=O) groups excluding carboxylic acids is 1. The first-order chi connectivity index (χ1) is 14.6. The Morgan fingerprint density at radius 2 is 1.80 bits per heavy atom. The van der Waals surface area contributed by atoms with Crippen LogP contribution in [0.5, 0.6) is 5.75 Å². The van der Waals surface area contributed by atoms with Gasteiger partial charge in [0.05, 0.1) is 18.6 Å². The molecule has 2 aromatic rings. The number of hydrogen-bond acceptors (Lipinski definition) is 3. The van der Waals surface area contributed by atoms with Crippen LogP contribution in [0.15, 0.2) is 48.5 Å². The van der Waals surface area contributed by atoms with Crippen molar-refractivity contribution in [1.82, 2.24) is 10.2 Å². The molecule has 1 N–H and O–H groups in total. The Morgan fingerprint density at radius 1 is 1.10 bits per heavy atom. The lowest BCUT2D eigenvalue weighted by Gasteiger charge is -2.32. The van der Waals surface area contributed by atoms with Crippen molar-refractivity contribution in [3.63, 3.8) is 0 Å². The second-order valence-corrected chi connectivity index (χ2v) is 8.54. The summed E-state index contributed by atoms with van der Waals surface area (Å²) >= 11 is 0. The van der Waals surface area contributed by atoms with E-state index < -0.39 is 5.41 Å². The Hall–Kier alpha value is -2.40. The fraction of sp³-hybridized carbons (Fsp3) is 0.480. The van der Waals surface area contributed by atoms with Crippen molar-refractivity contribution < 1.29 is 13.9 Å². The molecule has 4 nitrogen and oxygen atoms in total. The van der Waals surface area contributed by atoms with Gasteiger partial charge in [-0.1, -0.05) is 37.1 Å². The third-order valence-electron chi connectivity index (χ3n) is 6.81. The smallest absolute Gasteiger partial charge is 0.230 e. The average Bonchev–Trinajstić information content (AvgIpc) is 3.47. The molecule has 30 heavy (non-hydrogen) atoms. The number of ether oxygens (including phenoxy) is 1. The predicted octanol–water partition coefficient (Wildman–Crippen LogP) is 4.60. The summed E-state index contributed by atoms with van der Waals surface area (Å²) in [5, 5.41) is 3.25. The molecule has 1 aliphatic carbocycles. The van der Waals surface area contributed by atoms with E-state index in [2.05, 4.69) is 22.3 Å². The molecule has 160 valence electrons. The van der Waals surface area contributed by atoms with Gasteiger partial charge >= 0.3 is 0 Å². The molecule has 0 spiro atoms. The van der Waals surface area contributed by atoms with Crippen molar-refractivity contribution in [3.8, 4) is 5.75 Å². The summed E-state index contributed by atoms with van der Waals surface area (Å²) in [4.78, 5) is 15.9. The molecule has 1 saturated heterocycles. The van der Waals surface area contributed by atoms with Gasteiger partial charge < -0.3 is 10.1 Å². The molecule has 0 radical (unpaired) electrons. The molecule has 1 aliphatic heterocycles. The zero-order chi connectivity index (χ0) is 21.0. The molecule has 2 fully saturated rings. The van der Waals surface area contributed by atoms with E-state index in [1.54, 1.807) is 13.2 Å². The topological polar surface area (TPSA) is 41.6 Å². The Bertz CT molecular complexity index is 856. The van der Waals surface area contributed by atoms with Gasteiger partial charge in [0.2, 0.25) is 5.91 Å². The molecule has 1 atom stereocenters. The monoisotopic (exact) mass is 410 g/mol. The minimum atomic E-state index is -0.614. The van der Waals surface area contributed by atoms with Crippen LogP contribution in [0.4, 0.5) is 4.39 Å². The lowest BCUT2D eigenvalue weighted by molar-refractivity contribution is -0.126. The molecule has 2 aromatic carbocycles. The van der Waals surface area contributed by atoms with Crippen LogP contribution < -0.4 is 10.1 Å². The number of benzene rings is 2. The summed E-state index contributed by atoms with van der Waals surface area (Å²) in [6.45, 7) is 2.64. The lowest BCUT2D eigenvalue weighted by atomic mass is 9.78. The molecule has 1 unspecified atom stereocenters. The minimum Gasteiger partial charge on any atom is -0.497 e. The summed E-state index contributed by atoms with van der Waals surface area (Å²) in [7, 11) is 1.67. The first kappa shape index (κ1) is 20.9. The van der Waals surface area contributed by atoms with E-state index in [0.29, 0.717) is 6.54 Å². The van der Waals surface area contributed by atoms with Gasteiger partial charge in [-0.05, 0) is 74.2 Å². The summed E-state index contributed by atoms with van der Waals surface area (Å²) in [6.07, 6.45) is 5.93. The van der Waals surface area contributed by atoms with Crippen molar-refractivity contribution in [2.24, 2.45) is 0 Å². The fourth-order valence-corrected chi connectivity index (χ4v) is 5.11. The van der Waals surface area contributed by atoms with E-state index in [1.807, 2.05) is 18.2 Å². The highest BCUT2D eigenvalue weighted by Gasteiger charge is 2.43. The van der Waals surface area contributed by atoms with E-state index in [-0.39, 0.29) is 17.8 Å². The van der Waals surface area contributed by atoms with Gasteiger partial charge in [0.1, 0.15) is 11.6 Å². The molecule has 0 bridgehead atoms. The zero-order valence-electron chi connectivity index (χ0n) is 17.7. The van der Waals surface area contributed by atoms with Crippen LogP contribution in [0, 0.1) is 5.82 Å². The highest BCUT2D eigenvalue weighted by Crippen LogP contribution is 2.41. The molecular weight excluding hydrogens is 379 g/mol. The second kappa shape index (κ2) is 9.17. The SMILES string of the molecule is COc1ccc(C(CNC(=O)C2(c3cccc(F)c3)CCCC2)N2CCCC2)cc1. The van der Waals surface area contributed by atoms with Crippen LogP contribution in [0.2, 0.25) is 0 Å². The van der Waals surface area contributed by atoms with Crippen LogP contribution in [0.3, 0.4) is 0 Å². The predicted molar refractivity (Wildman–Crippen MR) is 116 cm³/mol. The van der Waals surface area contributed by atoms with Gasteiger partial charge in [-0.15, -0.1) is 0 Å². The molecule has 5 heteroatoms. The number of carbonyl (C=O) groups is 1. The summed E-state index contributed by atoms with van der Waals surface area (Å²) in [6, 6.07) is 14.9. The number of nitrogens with zero attached hydrogens (tertiary/aromatic N) is 1. The number of amides is 1. The van der Waals surface area contributed by atoms with Crippen LogP contribution in [0.25, 0.3) is 0 Å². The lowest BCUT2D eigenvalue weighted by Crippen LogP contribution is -2.46. The maximum atomic E-state index is 13.9. The molecule has 1 heterocycles. The highest BCUT2D eigenvalue weighted by molar-refractivity contribution is 5.88. The van der Waals surface area contributed by atoms with E-state index in [1.165, 1.54) is 30.5 Å². The van der Waals surface area contributed by atoms with Gasteiger partial charge in [-0.2, -0.15) is 0 Å². The summed E-state index contributed by atoms with van der Waals surface area (Å²) in [5.41, 5.74) is 1.38. The van der Waals surface area contributed by atoms with E-state index >= 15 is 0 Å². The van der Waals surface area contributed by atoms with Crippen molar-refractivity contribution in [2.75, 3.05) is 26.7 Å².